The van der Waals surface area contributed by atoms with Gasteiger partial charge in [-0.05, 0) is 68.9 Å². The molecule has 1 N–H and O–H groups in total. The molecule has 37 heavy (non-hydrogen) atoms. The maximum atomic E-state index is 13.5. The van der Waals surface area contributed by atoms with E-state index >= 15 is 0 Å². The number of carbonyl (C=O) groups excluding carboxylic acids is 2. The van der Waals surface area contributed by atoms with E-state index < -0.39 is 16.7 Å². The number of benzene rings is 2. The minimum Gasteiger partial charge on any atom is -0.497 e. The Morgan fingerprint density at radius 3 is 2.41 bits per heavy atom. The number of nitrogens with zero attached hydrogens (tertiary/aromatic N) is 3. The summed E-state index contributed by atoms with van der Waals surface area (Å²) in [5.74, 6) is -0.383. The summed E-state index contributed by atoms with van der Waals surface area (Å²) in [4.78, 5) is 38.6. The van der Waals surface area contributed by atoms with Crippen LogP contribution in [0.5, 0.6) is 11.5 Å². The van der Waals surface area contributed by atoms with Crippen molar-refractivity contribution in [3.63, 3.8) is 0 Å². The molecule has 0 unspecified atom stereocenters. The zero-order valence-corrected chi connectivity index (χ0v) is 21.6. The SMILES string of the molecule is COc1ccc(N2C(=O)/C(=C/c3cc(C)n(-c4ccc(C)c([N+](=O)[O-])c4)c3C)C(=O)NC2=S)c(OC)c1. The van der Waals surface area contributed by atoms with Crippen LogP contribution in [0, 0.1) is 30.9 Å². The Balaban J connectivity index is 1.78. The van der Waals surface area contributed by atoms with Gasteiger partial charge in [0.25, 0.3) is 17.5 Å². The van der Waals surface area contributed by atoms with Gasteiger partial charge < -0.3 is 14.0 Å². The molecule has 0 bridgehead atoms. The van der Waals surface area contributed by atoms with Crippen LogP contribution in [-0.2, 0) is 9.59 Å². The molecule has 0 atom stereocenters. The van der Waals surface area contributed by atoms with Crippen molar-refractivity contribution < 1.29 is 24.0 Å². The number of methoxy groups -OCH3 is 2. The van der Waals surface area contributed by atoms with Crippen LogP contribution >= 0.6 is 12.2 Å². The molecule has 0 saturated carbocycles. The fourth-order valence-corrected chi connectivity index (χ4v) is 4.54. The minimum absolute atomic E-state index is 0.00401. The lowest BCUT2D eigenvalue weighted by atomic mass is 10.1. The summed E-state index contributed by atoms with van der Waals surface area (Å²) in [6.45, 7) is 5.33. The summed E-state index contributed by atoms with van der Waals surface area (Å²) in [7, 11) is 2.97. The van der Waals surface area contributed by atoms with E-state index in [0.717, 1.165) is 5.69 Å². The van der Waals surface area contributed by atoms with Crippen molar-refractivity contribution in [1.29, 1.82) is 0 Å². The molecule has 1 aromatic heterocycles. The van der Waals surface area contributed by atoms with E-state index in [1.807, 2.05) is 18.4 Å². The highest BCUT2D eigenvalue weighted by Crippen LogP contribution is 2.35. The second-order valence-corrected chi connectivity index (χ2v) is 8.77. The summed E-state index contributed by atoms with van der Waals surface area (Å²) in [5.41, 5.74) is 3.46. The molecular formula is C26H24N4O6S. The topological polar surface area (TPSA) is 116 Å². The van der Waals surface area contributed by atoms with Gasteiger partial charge in [0.15, 0.2) is 5.11 Å². The first-order chi connectivity index (χ1) is 17.6. The second kappa shape index (κ2) is 9.86. The Morgan fingerprint density at radius 1 is 1.03 bits per heavy atom. The number of hydrogen-bond acceptors (Lipinski definition) is 7. The lowest BCUT2D eigenvalue weighted by molar-refractivity contribution is -0.385. The van der Waals surface area contributed by atoms with Crippen molar-refractivity contribution >= 4 is 46.6 Å². The van der Waals surface area contributed by atoms with Gasteiger partial charge in [-0.2, -0.15) is 0 Å². The molecule has 2 amide bonds. The number of carbonyl (C=O) groups is 2. The monoisotopic (exact) mass is 520 g/mol. The fraction of sp³-hybridized carbons (Fsp3) is 0.192. The average Bonchev–Trinajstić information content (AvgIpc) is 3.14. The first-order valence-electron chi connectivity index (χ1n) is 11.1. The average molecular weight is 521 g/mol. The Labute approximate surface area is 218 Å². The third-order valence-corrected chi connectivity index (χ3v) is 6.43. The van der Waals surface area contributed by atoms with E-state index in [2.05, 4.69) is 5.32 Å². The van der Waals surface area contributed by atoms with Crippen molar-refractivity contribution in [3.05, 3.63) is 80.7 Å². The number of nitro benzene ring substituents is 1. The van der Waals surface area contributed by atoms with Gasteiger partial charge in [0.1, 0.15) is 17.1 Å². The molecule has 0 aliphatic carbocycles. The zero-order chi connectivity index (χ0) is 27.0. The molecule has 190 valence electrons. The first kappa shape index (κ1) is 25.6. The van der Waals surface area contributed by atoms with E-state index in [-0.39, 0.29) is 16.4 Å². The molecule has 3 aromatic rings. The van der Waals surface area contributed by atoms with Crippen molar-refractivity contribution in [2.24, 2.45) is 0 Å². The number of nitrogens with one attached hydrogen (secondary N) is 1. The van der Waals surface area contributed by atoms with Gasteiger partial charge in [-0.1, -0.05) is 6.07 Å². The molecular weight excluding hydrogens is 496 g/mol. The van der Waals surface area contributed by atoms with Gasteiger partial charge in [-0.15, -0.1) is 0 Å². The number of nitro groups is 1. The number of aryl methyl sites for hydroxylation is 2. The van der Waals surface area contributed by atoms with Crippen molar-refractivity contribution in [1.82, 2.24) is 9.88 Å². The first-order valence-corrected chi connectivity index (χ1v) is 11.6. The maximum absolute atomic E-state index is 13.5. The number of rotatable bonds is 6. The number of thiocarbonyl (C=S) groups is 1. The van der Waals surface area contributed by atoms with Gasteiger partial charge in [-0.25, -0.2) is 4.90 Å². The van der Waals surface area contributed by atoms with Crippen LogP contribution in [-0.4, -0.2) is 40.6 Å². The lowest BCUT2D eigenvalue weighted by Crippen LogP contribution is -2.54. The molecule has 10 nitrogen and oxygen atoms in total. The van der Waals surface area contributed by atoms with E-state index in [0.29, 0.717) is 39.7 Å². The molecule has 11 heteroatoms. The lowest BCUT2D eigenvalue weighted by Gasteiger charge is -2.30. The van der Waals surface area contributed by atoms with E-state index in [9.17, 15) is 19.7 Å². The van der Waals surface area contributed by atoms with Crippen LogP contribution in [0.15, 0.2) is 48.0 Å². The van der Waals surface area contributed by atoms with Crippen LogP contribution in [0.3, 0.4) is 0 Å². The Morgan fingerprint density at radius 2 is 1.76 bits per heavy atom. The number of aromatic nitrogens is 1. The van der Waals surface area contributed by atoms with Gasteiger partial charge in [0.05, 0.1) is 30.5 Å². The summed E-state index contributed by atoms with van der Waals surface area (Å²) in [6, 6.07) is 11.7. The molecule has 1 aliphatic heterocycles. The summed E-state index contributed by atoms with van der Waals surface area (Å²) < 4.78 is 12.5. The molecule has 2 aromatic carbocycles. The smallest absolute Gasteiger partial charge is 0.274 e. The van der Waals surface area contributed by atoms with Crippen LogP contribution in [0.25, 0.3) is 11.8 Å². The largest absolute Gasteiger partial charge is 0.497 e. The highest BCUT2D eigenvalue weighted by molar-refractivity contribution is 7.80. The highest BCUT2D eigenvalue weighted by atomic mass is 32.1. The van der Waals surface area contributed by atoms with Crippen molar-refractivity contribution in [2.45, 2.75) is 20.8 Å². The summed E-state index contributed by atoms with van der Waals surface area (Å²) >= 11 is 5.31. The number of anilines is 1. The van der Waals surface area contributed by atoms with Gasteiger partial charge in [-0.3, -0.25) is 25.0 Å². The molecule has 1 aliphatic rings. The predicted octanol–water partition coefficient (Wildman–Crippen LogP) is 4.16. The molecule has 1 fully saturated rings. The normalized spacial score (nSPS) is 14.7. The molecule has 1 saturated heterocycles. The third-order valence-electron chi connectivity index (χ3n) is 6.15. The Kier molecular flexibility index (Phi) is 6.82. The Hall–Kier alpha value is -4.51. The number of hydrogen-bond donors (Lipinski definition) is 1. The van der Waals surface area contributed by atoms with Crippen molar-refractivity contribution in [2.75, 3.05) is 19.1 Å². The van der Waals surface area contributed by atoms with Gasteiger partial charge in [0, 0.05) is 29.1 Å². The standard InChI is InChI=1S/C26H24N4O6S/c1-14-6-7-18(12-22(14)30(33)34)28-15(2)10-17(16(28)3)11-20-24(31)27-26(37)29(25(20)32)21-9-8-19(35-4)13-23(21)36-5/h6-13H,1-5H3,(H,27,31,37)/b20-11+. The maximum Gasteiger partial charge on any atom is 0.274 e. The Bertz CT molecular complexity index is 1510. The second-order valence-electron chi connectivity index (χ2n) is 8.39. The van der Waals surface area contributed by atoms with Crippen molar-refractivity contribution in [3.8, 4) is 17.2 Å². The van der Waals surface area contributed by atoms with Crippen LogP contribution in [0.1, 0.15) is 22.5 Å². The summed E-state index contributed by atoms with van der Waals surface area (Å²) in [6.07, 6.45) is 1.49. The molecule has 0 radical (unpaired) electrons. The van der Waals surface area contributed by atoms with E-state index in [1.165, 1.54) is 31.3 Å². The minimum atomic E-state index is -0.630. The highest BCUT2D eigenvalue weighted by Gasteiger charge is 2.36. The third kappa shape index (κ3) is 4.56. The van der Waals surface area contributed by atoms with Crippen LogP contribution in [0.2, 0.25) is 0 Å². The van der Waals surface area contributed by atoms with E-state index in [1.54, 1.807) is 43.3 Å². The fourth-order valence-electron chi connectivity index (χ4n) is 4.27. The molecule has 2 heterocycles. The van der Waals surface area contributed by atoms with Crippen LogP contribution < -0.4 is 19.7 Å². The predicted molar refractivity (Wildman–Crippen MR) is 142 cm³/mol. The van der Waals surface area contributed by atoms with E-state index in [4.69, 9.17) is 21.7 Å². The van der Waals surface area contributed by atoms with Crippen LogP contribution in [0.4, 0.5) is 11.4 Å². The quantitative estimate of drug-likeness (QED) is 0.171. The zero-order valence-electron chi connectivity index (χ0n) is 20.8. The molecule has 4 rings (SSSR count). The number of amides is 2. The van der Waals surface area contributed by atoms with Gasteiger partial charge in [0.2, 0.25) is 0 Å². The summed E-state index contributed by atoms with van der Waals surface area (Å²) in [5, 5.41) is 13.9. The molecule has 0 spiro atoms. The van der Waals surface area contributed by atoms with Gasteiger partial charge >= 0.3 is 0 Å². The number of ether oxygens (including phenoxy) is 2.